The fraction of sp³-hybridized carbons (Fsp3) is 0.385. The number of carbonyl (C=O) groups excluding carboxylic acids is 1. The van der Waals surface area contributed by atoms with Gasteiger partial charge in [0, 0.05) is 0 Å². The van der Waals surface area contributed by atoms with E-state index in [1.54, 1.807) is 32.9 Å². The molecule has 0 amide bonds. The monoisotopic (exact) mass is 236 g/mol. The second-order valence-corrected chi connectivity index (χ2v) is 4.71. The largest absolute Gasteiger partial charge is 0.514 e. The fourth-order valence-electron chi connectivity index (χ4n) is 1.08. The highest BCUT2D eigenvalue weighted by Gasteiger charge is 2.18. The Bertz CT molecular complexity index is 472. The third-order valence-corrected chi connectivity index (χ3v) is 1.82. The van der Waals surface area contributed by atoms with E-state index in [1.165, 1.54) is 12.1 Å². The zero-order valence-electron chi connectivity index (χ0n) is 10.4. The highest BCUT2D eigenvalue weighted by Crippen LogP contribution is 2.10. The predicted octanol–water partition coefficient (Wildman–Crippen LogP) is 2.67. The van der Waals surface area contributed by atoms with E-state index >= 15 is 0 Å². The minimum absolute atomic E-state index is 0.0349. The van der Waals surface area contributed by atoms with Crippen molar-refractivity contribution in [3.8, 4) is 5.75 Å². The average molecular weight is 236 g/mol. The summed E-state index contributed by atoms with van der Waals surface area (Å²) in [6.45, 7) is 7.02. The maximum Gasteiger partial charge on any atom is 0.514 e. The molecule has 0 spiro atoms. The number of hydrogen-bond acceptors (Lipinski definition) is 4. The number of hydrogen-bond donors (Lipinski definition) is 0. The third kappa shape index (κ3) is 4.68. The normalized spacial score (nSPS) is 10.8. The summed E-state index contributed by atoms with van der Waals surface area (Å²) in [6.07, 6.45) is -0.876. The molecule has 92 valence electrons. The van der Waals surface area contributed by atoms with Crippen molar-refractivity contribution >= 4 is 6.16 Å². The highest BCUT2D eigenvalue weighted by molar-refractivity contribution is 5.64. The summed E-state index contributed by atoms with van der Waals surface area (Å²) >= 11 is 0. The van der Waals surface area contributed by atoms with Crippen molar-refractivity contribution in [2.75, 3.05) is 0 Å². The van der Waals surface area contributed by atoms with Gasteiger partial charge in [-0.1, -0.05) is 17.7 Å². The van der Waals surface area contributed by atoms with Crippen LogP contribution in [-0.4, -0.2) is 11.8 Å². The summed E-state index contributed by atoms with van der Waals surface area (Å²) in [5.74, 6) is -0.0349. The lowest BCUT2D eigenvalue weighted by atomic mass is 10.2. The van der Waals surface area contributed by atoms with Crippen LogP contribution in [0.2, 0.25) is 0 Å². The molecule has 0 fully saturated rings. The van der Waals surface area contributed by atoms with Gasteiger partial charge in [-0.3, -0.25) is 4.79 Å². The van der Waals surface area contributed by atoms with Gasteiger partial charge in [0.1, 0.15) is 5.60 Å². The Kier molecular flexibility index (Phi) is 3.89. The zero-order valence-corrected chi connectivity index (χ0v) is 10.4. The summed E-state index contributed by atoms with van der Waals surface area (Å²) in [5, 5.41) is 0. The molecule has 0 saturated heterocycles. The lowest BCUT2D eigenvalue weighted by Gasteiger charge is -2.18. The smallest absolute Gasteiger partial charge is 0.428 e. The first-order valence-electron chi connectivity index (χ1n) is 5.30. The summed E-state index contributed by atoms with van der Waals surface area (Å²) in [4.78, 5) is 22.9. The maximum absolute atomic E-state index is 11.5. The molecule has 4 heteroatoms. The van der Waals surface area contributed by atoms with Crippen LogP contribution in [0.4, 0.5) is 4.79 Å². The molecule has 17 heavy (non-hydrogen) atoms. The van der Waals surface area contributed by atoms with Gasteiger partial charge in [-0.25, -0.2) is 4.79 Å². The Morgan fingerprint density at radius 3 is 2.29 bits per heavy atom. The van der Waals surface area contributed by atoms with Gasteiger partial charge in [-0.05, 0) is 39.8 Å². The Balaban J connectivity index is 2.87. The van der Waals surface area contributed by atoms with Gasteiger partial charge in [0.25, 0.3) is 0 Å². The number of rotatable bonds is 1. The molecular formula is C13H16O4. The molecule has 1 aromatic rings. The minimum atomic E-state index is -0.876. The first-order chi connectivity index (χ1) is 7.78. The van der Waals surface area contributed by atoms with E-state index < -0.39 is 11.8 Å². The number of ether oxygens (including phenoxy) is 2. The summed E-state index contributed by atoms with van der Waals surface area (Å²) in [7, 11) is 0. The first kappa shape index (κ1) is 13.2. The van der Waals surface area contributed by atoms with Crippen molar-refractivity contribution < 1.29 is 14.3 Å². The van der Waals surface area contributed by atoms with E-state index in [-0.39, 0.29) is 11.2 Å². The van der Waals surface area contributed by atoms with Gasteiger partial charge in [0.2, 0.25) is 5.43 Å². The van der Waals surface area contributed by atoms with E-state index in [0.717, 1.165) is 5.56 Å². The molecule has 0 saturated carbocycles. The average Bonchev–Trinajstić information content (AvgIpc) is 2.30. The molecule has 0 heterocycles. The van der Waals surface area contributed by atoms with Crippen LogP contribution in [0.5, 0.6) is 5.75 Å². The molecule has 0 aliphatic rings. The standard InChI is InChI=1S/C13H16O4/c1-9-5-7-10(14)11(8-6-9)16-12(15)17-13(2,3)4/h5-8H,1-4H3. The molecule has 4 nitrogen and oxygen atoms in total. The maximum atomic E-state index is 11.5. The molecule has 0 atom stereocenters. The van der Waals surface area contributed by atoms with Gasteiger partial charge < -0.3 is 9.47 Å². The van der Waals surface area contributed by atoms with Crippen LogP contribution >= 0.6 is 0 Å². The molecular weight excluding hydrogens is 220 g/mol. The van der Waals surface area contributed by atoms with Crippen molar-refractivity contribution in [2.45, 2.75) is 33.3 Å². The number of carbonyl (C=O) groups is 1. The number of aryl methyl sites for hydroxylation is 1. The van der Waals surface area contributed by atoms with Crippen LogP contribution in [0.1, 0.15) is 26.3 Å². The van der Waals surface area contributed by atoms with Crippen molar-refractivity contribution in [3.63, 3.8) is 0 Å². The Morgan fingerprint density at radius 1 is 1.12 bits per heavy atom. The van der Waals surface area contributed by atoms with Crippen molar-refractivity contribution in [3.05, 3.63) is 40.1 Å². The molecule has 1 rings (SSSR count). The van der Waals surface area contributed by atoms with Crippen molar-refractivity contribution in [1.29, 1.82) is 0 Å². The molecule has 0 aliphatic carbocycles. The molecule has 1 aromatic carbocycles. The van der Waals surface area contributed by atoms with Gasteiger partial charge in [-0.2, -0.15) is 0 Å². The summed E-state index contributed by atoms with van der Waals surface area (Å²) < 4.78 is 9.82. The van der Waals surface area contributed by atoms with Gasteiger partial charge in [0.15, 0.2) is 5.75 Å². The second kappa shape index (κ2) is 4.99. The second-order valence-electron chi connectivity index (χ2n) is 4.71. The van der Waals surface area contributed by atoms with Gasteiger partial charge >= 0.3 is 6.16 Å². The fourth-order valence-corrected chi connectivity index (χ4v) is 1.08. The van der Waals surface area contributed by atoms with Crippen LogP contribution in [0.15, 0.2) is 29.1 Å². The predicted molar refractivity (Wildman–Crippen MR) is 64.3 cm³/mol. The Labute approximate surface area is 100 Å². The van der Waals surface area contributed by atoms with Crippen molar-refractivity contribution in [1.82, 2.24) is 0 Å². The molecule has 0 aliphatic heterocycles. The van der Waals surface area contributed by atoms with Crippen LogP contribution in [0.25, 0.3) is 0 Å². The molecule has 0 unspecified atom stereocenters. The summed E-state index contributed by atoms with van der Waals surface area (Å²) in [6, 6.07) is 6.17. The van der Waals surface area contributed by atoms with E-state index in [9.17, 15) is 9.59 Å². The lowest BCUT2D eigenvalue weighted by Crippen LogP contribution is -2.26. The van der Waals surface area contributed by atoms with Crippen LogP contribution < -0.4 is 10.2 Å². The first-order valence-corrected chi connectivity index (χ1v) is 5.30. The quantitative estimate of drug-likeness (QED) is 0.703. The van der Waals surface area contributed by atoms with Crippen LogP contribution in [0, 0.1) is 6.92 Å². The lowest BCUT2D eigenvalue weighted by molar-refractivity contribution is 0.0204. The Morgan fingerprint density at radius 2 is 1.71 bits per heavy atom. The van der Waals surface area contributed by atoms with E-state index in [1.807, 2.05) is 6.92 Å². The van der Waals surface area contributed by atoms with Crippen LogP contribution in [-0.2, 0) is 4.74 Å². The molecule has 0 N–H and O–H groups in total. The highest BCUT2D eigenvalue weighted by atomic mass is 16.7. The van der Waals surface area contributed by atoms with Crippen LogP contribution in [0.3, 0.4) is 0 Å². The van der Waals surface area contributed by atoms with Gasteiger partial charge in [-0.15, -0.1) is 0 Å². The minimum Gasteiger partial charge on any atom is -0.428 e. The zero-order chi connectivity index (χ0) is 13.1. The molecule has 0 radical (unpaired) electrons. The van der Waals surface area contributed by atoms with E-state index in [0.29, 0.717) is 0 Å². The van der Waals surface area contributed by atoms with E-state index in [4.69, 9.17) is 9.47 Å². The molecule has 0 bridgehead atoms. The third-order valence-electron chi connectivity index (χ3n) is 1.82. The molecule has 0 aromatic heterocycles. The van der Waals surface area contributed by atoms with Crippen molar-refractivity contribution in [2.24, 2.45) is 0 Å². The van der Waals surface area contributed by atoms with Gasteiger partial charge in [0.05, 0.1) is 0 Å². The Hall–Kier alpha value is -1.84. The summed E-state index contributed by atoms with van der Waals surface area (Å²) in [5.41, 5.74) is -0.0994. The topological polar surface area (TPSA) is 52.6 Å². The van der Waals surface area contributed by atoms with E-state index in [2.05, 4.69) is 0 Å². The SMILES string of the molecule is Cc1ccc(OC(=O)OC(C)(C)C)c(=O)cc1.